The van der Waals surface area contributed by atoms with Crippen LogP contribution in [0.25, 0.3) is 0 Å². The van der Waals surface area contributed by atoms with Gasteiger partial charge in [0, 0.05) is 1.43 Å². The van der Waals surface area contributed by atoms with Gasteiger partial charge in [0.15, 0.2) is 0 Å². The highest BCUT2D eigenvalue weighted by atomic mass is 16.4. The lowest BCUT2D eigenvalue weighted by atomic mass is 9.81. The van der Waals surface area contributed by atoms with Gasteiger partial charge >= 0.3 is 5.97 Å². The molecule has 2 heteroatoms. The Morgan fingerprint density at radius 1 is 1.39 bits per heavy atom. The number of benzene rings is 1. The molecule has 0 radical (unpaired) electrons. The van der Waals surface area contributed by atoms with Crippen LogP contribution in [0.1, 0.15) is 60.9 Å². The molecule has 1 aromatic carbocycles. The number of aromatic carboxylic acids is 1. The van der Waals surface area contributed by atoms with E-state index in [1.165, 1.54) is 19.3 Å². The Morgan fingerprint density at radius 3 is 2.72 bits per heavy atom. The Bertz CT molecular complexity index is 448. The van der Waals surface area contributed by atoms with E-state index in [1.54, 1.807) is 6.07 Å². The lowest BCUT2D eigenvalue weighted by molar-refractivity contribution is 0.0694. The Kier molecular flexibility index (Phi) is 4.19. The summed E-state index contributed by atoms with van der Waals surface area (Å²) < 4.78 is 0. The zero-order valence-electron chi connectivity index (χ0n) is 10.7. The topological polar surface area (TPSA) is 37.3 Å². The molecule has 2 nitrogen and oxygen atoms in total. The molecule has 0 saturated heterocycles. The van der Waals surface area contributed by atoms with Gasteiger partial charge in [-0.25, -0.2) is 4.79 Å². The molecule has 0 amide bonds. The zero-order valence-corrected chi connectivity index (χ0v) is 10.7. The lowest BCUT2D eigenvalue weighted by Gasteiger charge is -2.24. The average Bonchev–Trinajstić information content (AvgIpc) is 2.40. The molecule has 1 aliphatic carbocycles. The highest BCUT2D eigenvalue weighted by Crippen LogP contribution is 2.35. The molecule has 0 spiro atoms. The van der Waals surface area contributed by atoms with Crippen molar-refractivity contribution in [1.29, 1.82) is 0 Å². The van der Waals surface area contributed by atoms with Gasteiger partial charge in [-0.05, 0) is 42.4 Å². The number of hydrogen-bond donors (Lipinski definition) is 1. The van der Waals surface area contributed by atoms with Crippen molar-refractivity contribution in [3.63, 3.8) is 0 Å². The number of carbonyl (C=O) groups is 1. The van der Waals surface area contributed by atoms with Crippen molar-refractivity contribution in [2.24, 2.45) is 0 Å². The Morgan fingerprint density at radius 2 is 2.11 bits per heavy atom. The van der Waals surface area contributed by atoms with Crippen molar-refractivity contribution in [2.75, 3.05) is 0 Å². The molecule has 0 aliphatic heterocycles. The summed E-state index contributed by atoms with van der Waals surface area (Å²) in [5.41, 5.74) is 2.67. The number of carboxylic acids is 1. The Balaban J connectivity index is 0.00000180. The molecule has 18 heavy (non-hydrogen) atoms. The van der Waals surface area contributed by atoms with E-state index in [9.17, 15) is 9.90 Å². The quantitative estimate of drug-likeness (QED) is 0.799. The van der Waals surface area contributed by atoms with Crippen LogP contribution in [0.5, 0.6) is 0 Å². The minimum atomic E-state index is -0.805. The predicted octanol–water partition coefficient (Wildman–Crippen LogP) is 4.41. The van der Waals surface area contributed by atoms with Crippen LogP contribution >= 0.6 is 0 Å². The first kappa shape index (κ1) is 12.9. The van der Waals surface area contributed by atoms with Crippen LogP contribution in [0.2, 0.25) is 0 Å². The summed E-state index contributed by atoms with van der Waals surface area (Å²) in [6.45, 7) is 3.74. The van der Waals surface area contributed by atoms with E-state index in [-0.39, 0.29) is 1.43 Å². The van der Waals surface area contributed by atoms with E-state index in [0.29, 0.717) is 11.5 Å². The standard InChI is InChI=1S/C16H20O2.H2/c1-2-6-12-9-10-14(16(17)18)15(11-12)13-7-4-3-5-8-13;/h2,9-11,13H,1,3-8H2,(H,17,18);1H. The first-order valence-electron chi connectivity index (χ1n) is 6.69. The molecule has 0 atom stereocenters. The molecule has 1 aliphatic rings. The minimum Gasteiger partial charge on any atom is -0.478 e. The second-order valence-electron chi connectivity index (χ2n) is 5.05. The van der Waals surface area contributed by atoms with E-state index >= 15 is 0 Å². The maximum absolute atomic E-state index is 11.3. The smallest absolute Gasteiger partial charge is 0.335 e. The van der Waals surface area contributed by atoms with Gasteiger partial charge in [-0.3, -0.25) is 0 Å². The van der Waals surface area contributed by atoms with E-state index in [2.05, 4.69) is 12.6 Å². The van der Waals surface area contributed by atoms with E-state index in [4.69, 9.17) is 0 Å². The normalized spacial score (nSPS) is 16.4. The van der Waals surface area contributed by atoms with E-state index < -0.39 is 5.97 Å². The van der Waals surface area contributed by atoms with E-state index in [0.717, 1.165) is 30.4 Å². The second kappa shape index (κ2) is 5.85. The van der Waals surface area contributed by atoms with Gasteiger partial charge in [0.1, 0.15) is 0 Å². The molecule has 98 valence electrons. The van der Waals surface area contributed by atoms with Crippen molar-refractivity contribution in [3.8, 4) is 0 Å². The van der Waals surface area contributed by atoms with Crippen molar-refractivity contribution >= 4 is 5.97 Å². The molecule has 2 rings (SSSR count). The molecule has 1 aromatic rings. The molecular formula is C16H22O2. The maximum atomic E-state index is 11.3. The summed E-state index contributed by atoms with van der Waals surface area (Å²) in [4.78, 5) is 11.3. The van der Waals surface area contributed by atoms with Gasteiger partial charge in [-0.1, -0.05) is 37.5 Å². The molecule has 0 unspecified atom stereocenters. The number of carboxylic acid groups (broad SMARTS) is 1. The third kappa shape index (κ3) is 2.81. The van der Waals surface area contributed by atoms with Crippen LogP contribution in [0, 0.1) is 0 Å². The largest absolute Gasteiger partial charge is 0.478 e. The molecule has 0 heterocycles. The highest BCUT2D eigenvalue weighted by molar-refractivity contribution is 5.89. The summed E-state index contributed by atoms with van der Waals surface area (Å²) >= 11 is 0. The first-order chi connectivity index (χ1) is 8.72. The average molecular weight is 246 g/mol. The van der Waals surface area contributed by atoms with Crippen molar-refractivity contribution < 1.29 is 11.3 Å². The second-order valence-corrected chi connectivity index (χ2v) is 5.05. The number of hydrogen-bond acceptors (Lipinski definition) is 1. The first-order valence-corrected chi connectivity index (χ1v) is 6.69. The summed E-state index contributed by atoms with van der Waals surface area (Å²) in [5.74, 6) is -0.379. The molecule has 1 N–H and O–H groups in total. The van der Waals surface area contributed by atoms with Crippen LogP contribution in [-0.2, 0) is 6.42 Å². The van der Waals surface area contributed by atoms with Gasteiger partial charge in [0.25, 0.3) is 0 Å². The predicted molar refractivity (Wildman–Crippen MR) is 75.2 cm³/mol. The van der Waals surface area contributed by atoms with Crippen LogP contribution < -0.4 is 0 Å². The van der Waals surface area contributed by atoms with Crippen LogP contribution in [0.4, 0.5) is 0 Å². The van der Waals surface area contributed by atoms with Gasteiger partial charge in [0.05, 0.1) is 5.56 Å². The fourth-order valence-electron chi connectivity index (χ4n) is 2.85. The maximum Gasteiger partial charge on any atom is 0.335 e. The zero-order chi connectivity index (χ0) is 13.0. The van der Waals surface area contributed by atoms with Crippen molar-refractivity contribution in [3.05, 3.63) is 47.5 Å². The third-order valence-corrected chi connectivity index (χ3v) is 3.77. The SMILES string of the molecule is C=CCc1ccc(C(=O)O)c(C2CCCCC2)c1.[HH]. The van der Waals surface area contributed by atoms with Crippen LogP contribution in [-0.4, -0.2) is 11.1 Å². The lowest BCUT2D eigenvalue weighted by Crippen LogP contribution is -2.11. The molecule has 0 aromatic heterocycles. The Hall–Kier alpha value is -1.57. The van der Waals surface area contributed by atoms with Gasteiger partial charge in [-0.15, -0.1) is 6.58 Å². The fraction of sp³-hybridized carbons (Fsp3) is 0.438. The minimum absolute atomic E-state index is 0. The van der Waals surface area contributed by atoms with Crippen LogP contribution in [0.3, 0.4) is 0 Å². The van der Waals surface area contributed by atoms with E-state index in [1.807, 2.05) is 12.1 Å². The molecule has 0 bridgehead atoms. The number of allylic oxidation sites excluding steroid dienone is 1. The Labute approximate surface area is 110 Å². The van der Waals surface area contributed by atoms with Crippen molar-refractivity contribution in [2.45, 2.75) is 44.4 Å². The summed E-state index contributed by atoms with van der Waals surface area (Å²) in [7, 11) is 0. The van der Waals surface area contributed by atoms with Crippen molar-refractivity contribution in [1.82, 2.24) is 0 Å². The number of rotatable bonds is 4. The highest BCUT2D eigenvalue weighted by Gasteiger charge is 2.21. The van der Waals surface area contributed by atoms with Crippen LogP contribution in [0.15, 0.2) is 30.9 Å². The summed E-state index contributed by atoms with van der Waals surface area (Å²) in [6, 6.07) is 5.73. The monoisotopic (exact) mass is 246 g/mol. The fourth-order valence-corrected chi connectivity index (χ4v) is 2.85. The van der Waals surface area contributed by atoms with Gasteiger partial charge in [0.2, 0.25) is 0 Å². The van der Waals surface area contributed by atoms with Gasteiger partial charge < -0.3 is 5.11 Å². The summed E-state index contributed by atoms with van der Waals surface area (Å²) in [5, 5.41) is 9.30. The molecule has 1 fully saturated rings. The van der Waals surface area contributed by atoms with Gasteiger partial charge in [-0.2, -0.15) is 0 Å². The third-order valence-electron chi connectivity index (χ3n) is 3.77. The summed E-state index contributed by atoms with van der Waals surface area (Å²) in [6.07, 6.45) is 8.63. The molecular weight excluding hydrogens is 224 g/mol. The molecule has 1 saturated carbocycles.